The number of carbonyl (C=O) groups is 2. The number of alkyl halides is 6. The summed E-state index contributed by atoms with van der Waals surface area (Å²) < 4.78 is 90.4. The van der Waals surface area contributed by atoms with Crippen LogP contribution in [0, 0.1) is 6.92 Å². The molecule has 474 valence electrons. The first-order chi connectivity index (χ1) is 45.1. The maximum atomic E-state index is 15.1. The van der Waals surface area contributed by atoms with Crippen LogP contribution in [0.5, 0.6) is 0 Å². The molecule has 2 aliphatic rings. The van der Waals surface area contributed by atoms with Gasteiger partial charge in [0.2, 0.25) is 0 Å². The van der Waals surface area contributed by atoms with Gasteiger partial charge in [-0.05, 0) is 123 Å². The van der Waals surface area contributed by atoms with Crippen LogP contribution < -0.4 is 11.1 Å². The van der Waals surface area contributed by atoms with Gasteiger partial charge in [0, 0.05) is 79.2 Å². The molecule has 0 unspecified atom stereocenters. The van der Waals surface area contributed by atoms with Crippen LogP contribution >= 0.6 is 31.9 Å². The zero-order valence-corrected chi connectivity index (χ0v) is 53.3. The van der Waals surface area contributed by atoms with Crippen molar-refractivity contribution in [3.8, 4) is 28.3 Å². The predicted molar refractivity (Wildman–Crippen MR) is 342 cm³/mol. The molecule has 18 nitrogen and oxygen atoms in total. The Labute approximate surface area is 547 Å². The molecule has 2 aliphatic heterocycles. The van der Waals surface area contributed by atoms with Gasteiger partial charge in [-0.25, -0.2) is 9.03 Å². The summed E-state index contributed by atoms with van der Waals surface area (Å²) in [5, 5.41) is 30.3. The number of hydrogen-bond acceptors (Lipinski definition) is 10. The van der Waals surface area contributed by atoms with Gasteiger partial charge in [-0.1, -0.05) is 104 Å². The first-order valence-corrected chi connectivity index (χ1v) is 31.4. The summed E-state index contributed by atoms with van der Waals surface area (Å²) in [5.41, 5.74) is 8.19. The van der Waals surface area contributed by atoms with E-state index in [9.17, 15) is 35.9 Å². The van der Waals surface area contributed by atoms with Gasteiger partial charge >= 0.3 is 12.4 Å². The lowest BCUT2D eigenvalue weighted by atomic mass is 9.97. The van der Waals surface area contributed by atoms with Crippen LogP contribution in [0.15, 0.2) is 177 Å². The normalized spacial score (nSPS) is 15.1. The highest BCUT2D eigenvalue weighted by Crippen LogP contribution is 2.39. The second-order valence-electron chi connectivity index (χ2n) is 23.6. The number of amides is 2. The van der Waals surface area contributed by atoms with Crippen LogP contribution in [0.3, 0.4) is 0 Å². The van der Waals surface area contributed by atoms with E-state index < -0.39 is 47.4 Å². The van der Waals surface area contributed by atoms with Crippen molar-refractivity contribution in [2.24, 2.45) is 0 Å². The van der Waals surface area contributed by atoms with Crippen LogP contribution in [0.2, 0.25) is 0 Å². The maximum Gasteiger partial charge on any atom is 0.417 e. The lowest BCUT2D eigenvalue weighted by molar-refractivity contribution is -0.139. The number of nitrogens with zero attached hydrogens (tertiary/aromatic N) is 13. The molecule has 26 heteroatoms. The van der Waals surface area contributed by atoms with Crippen LogP contribution in [0.1, 0.15) is 107 Å². The summed E-state index contributed by atoms with van der Waals surface area (Å²) in [6.07, 6.45) is -3.17. The van der Waals surface area contributed by atoms with E-state index in [-0.39, 0.29) is 57.1 Å². The fourth-order valence-electron chi connectivity index (χ4n) is 12.8. The number of hydrogen-bond donors (Lipinski definition) is 1. The van der Waals surface area contributed by atoms with E-state index in [0.717, 1.165) is 45.6 Å². The van der Waals surface area contributed by atoms with Gasteiger partial charge in [0.1, 0.15) is 11.3 Å². The Morgan fingerprint density at radius 2 is 1.04 bits per heavy atom. The van der Waals surface area contributed by atoms with E-state index in [1.54, 1.807) is 74.9 Å². The van der Waals surface area contributed by atoms with Gasteiger partial charge in [-0.3, -0.25) is 33.4 Å². The van der Waals surface area contributed by atoms with E-state index >= 15 is 9.59 Å². The van der Waals surface area contributed by atoms with Gasteiger partial charge in [0.05, 0.1) is 88.3 Å². The molecule has 6 aromatic carbocycles. The molecule has 0 saturated heterocycles. The predicted octanol–water partition coefficient (Wildman–Crippen LogP) is 12.5. The molecule has 94 heavy (non-hydrogen) atoms. The minimum absolute atomic E-state index is 0.0870. The summed E-state index contributed by atoms with van der Waals surface area (Å²) >= 11 is 5.95. The number of fused-ring (bicyclic) bond motifs is 6. The van der Waals surface area contributed by atoms with Crippen molar-refractivity contribution < 1.29 is 35.9 Å². The van der Waals surface area contributed by atoms with Gasteiger partial charge in [-0.15, -0.1) is 5.10 Å². The highest BCUT2D eigenvalue weighted by molar-refractivity contribution is 9.10. The number of nitrogens with one attached hydrogen (secondary N) is 1. The summed E-state index contributed by atoms with van der Waals surface area (Å²) in [6.45, 7) is 5.15. The zero-order valence-electron chi connectivity index (χ0n) is 50.1. The fraction of sp³-hybridized carbons (Fsp3) is 0.206. The second kappa shape index (κ2) is 23.8. The molecule has 0 spiro atoms. The van der Waals surface area contributed by atoms with Gasteiger partial charge < -0.3 is 9.80 Å². The molecule has 12 aromatic rings. The lowest BCUT2D eigenvalue weighted by Crippen LogP contribution is -2.46. The van der Waals surface area contributed by atoms with Crippen LogP contribution in [0.25, 0.3) is 39.6 Å². The number of aromatic nitrogens is 12. The molecule has 8 heterocycles. The molecule has 2 amide bonds. The Kier molecular flexibility index (Phi) is 15.6. The Balaban J connectivity index is 0.772. The van der Waals surface area contributed by atoms with E-state index in [4.69, 9.17) is 10.2 Å². The number of halogens is 8. The summed E-state index contributed by atoms with van der Waals surface area (Å²) in [5.74, 6) is -1.25. The van der Waals surface area contributed by atoms with Crippen molar-refractivity contribution in [3.05, 3.63) is 272 Å². The van der Waals surface area contributed by atoms with Crippen LogP contribution in [-0.2, 0) is 57.5 Å². The van der Waals surface area contributed by atoms with Gasteiger partial charge in [0.25, 0.3) is 22.9 Å². The van der Waals surface area contributed by atoms with Crippen LogP contribution in [0.4, 0.5) is 26.3 Å². The first-order valence-electron chi connectivity index (χ1n) is 29.8. The number of H-pyrrole nitrogens is 1. The number of benzene rings is 6. The minimum Gasteiger partial charge on any atom is -0.330 e. The molecule has 0 fully saturated rings. The molecular weight excluding hydrogens is 1350 g/mol. The third-order valence-corrected chi connectivity index (χ3v) is 18.8. The summed E-state index contributed by atoms with van der Waals surface area (Å²) in [7, 11) is 0. The first kappa shape index (κ1) is 61.4. The van der Waals surface area contributed by atoms with E-state index in [1.165, 1.54) is 38.9 Å². The second-order valence-corrected chi connectivity index (χ2v) is 25.3. The van der Waals surface area contributed by atoms with Crippen LogP contribution in [-0.4, -0.2) is 92.5 Å². The largest absolute Gasteiger partial charge is 0.417 e. The highest BCUT2D eigenvalue weighted by atomic mass is 79.9. The SMILES string of the molecule is Cc1cnn(-c2ccc(-n3c(=O)c4c(n5ncc(Cc6cccc(Cc7nn[nH]c7-c7ccc(-n8c(=O)c9c(n%10ncc(Cc%11ccccc%11)c8%10)CN(C(=O)c8ccc(Br)c(C(F)(F)F)c8)[C@H](C)C9)cc7)c6)c35)CN(C(=O)c3ccc(Br)c(C(F)(F)F)c3)[C@H](C)C4)cc2)n1. The number of carbonyl (C=O) groups excluding carboxylic acids is 2. The van der Waals surface area contributed by atoms with Gasteiger partial charge in [0.15, 0.2) is 0 Å². The summed E-state index contributed by atoms with van der Waals surface area (Å²) in [6, 6.07) is 37.8. The highest BCUT2D eigenvalue weighted by Gasteiger charge is 2.39. The number of rotatable bonds is 12. The monoisotopic (exact) mass is 1400 g/mol. The lowest BCUT2D eigenvalue weighted by Gasteiger charge is -2.35. The Bertz CT molecular complexity index is 5130. The molecule has 0 saturated carbocycles. The van der Waals surface area contributed by atoms with Crippen molar-refractivity contribution in [1.82, 2.24) is 68.6 Å². The standard InChI is InChI=1S/C68H52Br2F6N14O4/c1-37-32-79-90(82-37)50-20-18-49(19-21-50)87-62-47(34-78-89(62)59-36-85(39(3)25-52(59)66(87)94)64(92)45-15-23-56(70)54(31-45)68(74,75)76)28-41-10-7-11-42(26-41)29-57-60(81-83-80-57)43-12-16-48(17-13-43)86-61-46(27-40-8-5-4-6-9-40)33-77-88(61)58-35-84(38(2)24-51(58)65(86)93)63(91)44-14-22-55(69)53(30-44)67(71,72)73/h4-23,26,30-34,38-39H,24-25,27-29,35-36H2,1-3H3,(H,80,81,83)/t38-,39-/m1/s1. The smallest absolute Gasteiger partial charge is 0.330 e. The van der Waals surface area contributed by atoms with E-state index in [2.05, 4.69) is 57.5 Å². The molecule has 6 aromatic heterocycles. The quantitative estimate of drug-likeness (QED) is 0.115. The van der Waals surface area contributed by atoms with E-state index in [0.29, 0.717) is 87.1 Å². The molecule has 0 aliphatic carbocycles. The number of aryl methyl sites for hydroxylation is 1. The fourth-order valence-corrected chi connectivity index (χ4v) is 13.7. The maximum absolute atomic E-state index is 15.1. The van der Waals surface area contributed by atoms with Crippen molar-refractivity contribution in [1.29, 1.82) is 0 Å². The van der Waals surface area contributed by atoms with E-state index in [1.807, 2.05) is 85.8 Å². The average molecular weight is 1400 g/mol. The topological polar surface area (TPSA) is 192 Å². The van der Waals surface area contributed by atoms with Crippen molar-refractivity contribution in [3.63, 3.8) is 0 Å². The average Bonchev–Trinajstić information content (AvgIpc) is 1.22. The van der Waals surface area contributed by atoms with Crippen molar-refractivity contribution in [2.45, 2.75) is 90.4 Å². The van der Waals surface area contributed by atoms with Crippen molar-refractivity contribution in [2.75, 3.05) is 0 Å². The Morgan fingerprint density at radius 3 is 1.54 bits per heavy atom. The van der Waals surface area contributed by atoms with Crippen molar-refractivity contribution >= 4 is 55.0 Å². The van der Waals surface area contributed by atoms with Gasteiger partial charge in [-0.2, -0.15) is 51.5 Å². The molecular formula is C68H52Br2F6N14O4. The Morgan fingerprint density at radius 1 is 0.564 bits per heavy atom. The summed E-state index contributed by atoms with van der Waals surface area (Å²) in [4.78, 5) is 63.0. The minimum atomic E-state index is -4.72. The molecule has 14 rings (SSSR count). The Hall–Kier alpha value is -10.1. The molecule has 0 radical (unpaired) electrons. The molecule has 2 atom stereocenters. The molecule has 1 N–H and O–H groups in total. The number of aromatic amines is 1. The third-order valence-electron chi connectivity index (χ3n) is 17.4. The zero-order chi connectivity index (χ0) is 65.6. The molecule has 0 bridgehead atoms. The third kappa shape index (κ3) is 11.2.